The normalized spacial score (nSPS) is 21.8. The highest BCUT2D eigenvalue weighted by Crippen LogP contribution is 2.18. The number of aromatic nitrogens is 1. The second-order valence-corrected chi connectivity index (χ2v) is 4.48. The van der Waals surface area contributed by atoms with E-state index in [1.54, 1.807) is 5.51 Å². The Hall–Kier alpha value is -0.400. The van der Waals surface area contributed by atoms with Crippen molar-refractivity contribution in [1.29, 1.82) is 0 Å². The Kier molecular flexibility index (Phi) is 8.47. The van der Waals surface area contributed by atoms with Gasteiger partial charge in [-0.15, -0.1) is 36.2 Å². The van der Waals surface area contributed by atoms with Gasteiger partial charge in [-0.25, -0.2) is 4.98 Å². The molecule has 0 saturated carbocycles. The van der Waals surface area contributed by atoms with Gasteiger partial charge < -0.3 is 15.8 Å². The van der Waals surface area contributed by atoms with Crippen molar-refractivity contribution in [2.24, 2.45) is 5.73 Å². The van der Waals surface area contributed by atoms with Crippen molar-refractivity contribution in [2.75, 3.05) is 6.54 Å². The number of ether oxygens (including phenoxy) is 1. The smallest absolute Gasteiger partial charge is 0.249 e. The summed E-state index contributed by atoms with van der Waals surface area (Å²) in [6.07, 6.45) is 1.32. The molecule has 1 amide bonds. The van der Waals surface area contributed by atoms with Gasteiger partial charge in [0.2, 0.25) is 5.91 Å². The molecule has 1 aliphatic rings. The number of carbonyl (C=O) groups is 1. The van der Waals surface area contributed by atoms with Crippen molar-refractivity contribution in [3.05, 3.63) is 16.6 Å². The fourth-order valence-corrected chi connectivity index (χ4v) is 2.25. The van der Waals surface area contributed by atoms with Crippen LogP contribution in [0.1, 0.15) is 18.5 Å². The fraction of sp³-hybridized carbons (Fsp3) is 0.600. The quantitative estimate of drug-likeness (QED) is 0.873. The molecule has 0 bridgehead atoms. The van der Waals surface area contributed by atoms with Gasteiger partial charge in [-0.2, -0.15) is 0 Å². The maximum atomic E-state index is 11.7. The van der Waals surface area contributed by atoms with Crippen LogP contribution in [-0.4, -0.2) is 29.6 Å². The molecule has 2 heterocycles. The summed E-state index contributed by atoms with van der Waals surface area (Å²) in [7, 11) is 0. The Morgan fingerprint density at radius 2 is 2.33 bits per heavy atom. The first kappa shape index (κ1) is 17.6. The van der Waals surface area contributed by atoms with Crippen molar-refractivity contribution in [1.82, 2.24) is 10.3 Å². The first-order valence-electron chi connectivity index (χ1n) is 5.30. The third-order valence-electron chi connectivity index (χ3n) is 2.59. The van der Waals surface area contributed by atoms with Gasteiger partial charge >= 0.3 is 0 Å². The molecule has 0 spiro atoms. The van der Waals surface area contributed by atoms with E-state index in [0.717, 1.165) is 18.5 Å². The zero-order chi connectivity index (χ0) is 11.4. The number of nitrogens with one attached hydrogen (secondary N) is 1. The molecular weight excluding hydrogens is 297 g/mol. The van der Waals surface area contributed by atoms with E-state index < -0.39 is 0 Å². The average molecular weight is 314 g/mol. The minimum atomic E-state index is -0.341. The number of nitrogens with two attached hydrogens (primary N) is 1. The van der Waals surface area contributed by atoms with E-state index in [1.807, 2.05) is 5.38 Å². The molecule has 0 aromatic carbocycles. The molecule has 0 radical (unpaired) electrons. The molecule has 2 atom stereocenters. The lowest BCUT2D eigenvalue weighted by atomic mass is 10.2. The summed E-state index contributed by atoms with van der Waals surface area (Å²) < 4.78 is 5.49. The van der Waals surface area contributed by atoms with Crippen molar-refractivity contribution >= 4 is 42.1 Å². The summed E-state index contributed by atoms with van der Waals surface area (Å²) >= 11 is 1.52. The van der Waals surface area contributed by atoms with Crippen LogP contribution in [0.3, 0.4) is 0 Å². The number of rotatable bonds is 4. The SMILES string of the molecule is Cl.Cl.NC[C@H]1CC[C@@H](C(=O)NCc2cscn2)O1. The Morgan fingerprint density at radius 1 is 1.56 bits per heavy atom. The molecule has 1 aliphatic heterocycles. The minimum Gasteiger partial charge on any atom is -0.364 e. The number of carbonyl (C=O) groups excluding carboxylic acids is 1. The molecule has 18 heavy (non-hydrogen) atoms. The second kappa shape index (κ2) is 8.66. The third-order valence-corrected chi connectivity index (χ3v) is 3.23. The highest BCUT2D eigenvalue weighted by molar-refractivity contribution is 7.07. The molecule has 5 nitrogen and oxygen atoms in total. The second-order valence-electron chi connectivity index (χ2n) is 3.76. The molecule has 1 aromatic rings. The third kappa shape index (κ3) is 4.70. The van der Waals surface area contributed by atoms with Gasteiger partial charge in [-0.1, -0.05) is 0 Å². The average Bonchev–Trinajstić information content (AvgIpc) is 2.96. The lowest BCUT2D eigenvalue weighted by Crippen LogP contribution is -2.35. The lowest BCUT2D eigenvalue weighted by molar-refractivity contribution is -0.132. The predicted octanol–water partition coefficient (Wildman–Crippen LogP) is 1.11. The van der Waals surface area contributed by atoms with Gasteiger partial charge in [-0.05, 0) is 12.8 Å². The van der Waals surface area contributed by atoms with Crippen LogP contribution in [0.4, 0.5) is 0 Å². The van der Waals surface area contributed by atoms with E-state index in [9.17, 15) is 4.79 Å². The number of halogens is 2. The van der Waals surface area contributed by atoms with E-state index in [0.29, 0.717) is 13.1 Å². The van der Waals surface area contributed by atoms with E-state index in [-0.39, 0.29) is 42.9 Å². The monoisotopic (exact) mass is 313 g/mol. The number of hydrogen-bond donors (Lipinski definition) is 2. The van der Waals surface area contributed by atoms with Crippen LogP contribution in [0.5, 0.6) is 0 Å². The number of hydrogen-bond acceptors (Lipinski definition) is 5. The molecule has 0 unspecified atom stereocenters. The summed E-state index contributed by atoms with van der Waals surface area (Å²) in [5.74, 6) is -0.0658. The number of thiazole rings is 1. The van der Waals surface area contributed by atoms with E-state index in [4.69, 9.17) is 10.5 Å². The Labute approximate surface area is 122 Å². The molecule has 1 saturated heterocycles. The fourth-order valence-electron chi connectivity index (χ4n) is 1.69. The lowest BCUT2D eigenvalue weighted by Gasteiger charge is -2.11. The first-order chi connectivity index (χ1) is 7.79. The molecule has 1 fully saturated rings. The minimum absolute atomic E-state index is 0. The van der Waals surface area contributed by atoms with Gasteiger partial charge in [0.05, 0.1) is 23.9 Å². The van der Waals surface area contributed by atoms with Crippen molar-refractivity contribution in [3.63, 3.8) is 0 Å². The topological polar surface area (TPSA) is 77.2 Å². The Morgan fingerprint density at radius 3 is 2.89 bits per heavy atom. The molecular formula is C10H17Cl2N3O2S. The molecule has 8 heteroatoms. The van der Waals surface area contributed by atoms with Crippen LogP contribution < -0.4 is 11.1 Å². The standard InChI is InChI=1S/C10H15N3O2S.2ClH/c11-3-8-1-2-9(15-8)10(14)12-4-7-5-16-6-13-7;;/h5-6,8-9H,1-4,11H2,(H,12,14);2*1H/t8-,9+;;/m1../s1. The zero-order valence-corrected chi connectivity index (χ0v) is 12.2. The predicted molar refractivity (Wildman–Crippen MR) is 75.4 cm³/mol. The van der Waals surface area contributed by atoms with E-state index in [1.165, 1.54) is 11.3 Å². The van der Waals surface area contributed by atoms with Crippen LogP contribution in [0.2, 0.25) is 0 Å². The van der Waals surface area contributed by atoms with Crippen LogP contribution >= 0.6 is 36.2 Å². The van der Waals surface area contributed by atoms with Crippen LogP contribution in [0, 0.1) is 0 Å². The number of amides is 1. The molecule has 2 rings (SSSR count). The maximum Gasteiger partial charge on any atom is 0.249 e. The Balaban J connectivity index is 0.00000144. The zero-order valence-electron chi connectivity index (χ0n) is 9.70. The van der Waals surface area contributed by atoms with Crippen molar-refractivity contribution < 1.29 is 9.53 Å². The van der Waals surface area contributed by atoms with Gasteiger partial charge in [0, 0.05) is 11.9 Å². The van der Waals surface area contributed by atoms with E-state index >= 15 is 0 Å². The van der Waals surface area contributed by atoms with Crippen molar-refractivity contribution in [3.8, 4) is 0 Å². The van der Waals surface area contributed by atoms with Gasteiger partial charge in [-0.3, -0.25) is 4.79 Å². The highest BCUT2D eigenvalue weighted by Gasteiger charge is 2.29. The Bertz CT molecular complexity index is 351. The number of nitrogens with zero attached hydrogens (tertiary/aromatic N) is 1. The van der Waals surface area contributed by atoms with Crippen LogP contribution in [-0.2, 0) is 16.1 Å². The first-order valence-corrected chi connectivity index (χ1v) is 6.24. The summed E-state index contributed by atoms with van der Waals surface area (Å²) in [6, 6.07) is 0. The van der Waals surface area contributed by atoms with E-state index in [2.05, 4.69) is 10.3 Å². The summed E-state index contributed by atoms with van der Waals surface area (Å²) in [6.45, 7) is 0.950. The van der Waals surface area contributed by atoms with Gasteiger partial charge in [0.25, 0.3) is 0 Å². The highest BCUT2D eigenvalue weighted by atomic mass is 35.5. The van der Waals surface area contributed by atoms with Gasteiger partial charge in [0.1, 0.15) is 6.10 Å². The summed E-state index contributed by atoms with van der Waals surface area (Å²) in [5.41, 5.74) is 8.11. The summed E-state index contributed by atoms with van der Waals surface area (Å²) in [5, 5.41) is 4.73. The maximum absolute atomic E-state index is 11.7. The van der Waals surface area contributed by atoms with Crippen LogP contribution in [0.25, 0.3) is 0 Å². The molecule has 0 aliphatic carbocycles. The van der Waals surface area contributed by atoms with Gasteiger partial charge in [0.15, 0.2) is 0 Å². The molecule has 3 N–H and O–H groups in total. The molecule has 1 aromatic heterocycles. The largest absolute Gasteiger partial charge is 0.364 e. The van der Waals surface area contributed by atoms with Crippen molar-refractivity contribution in [2.45, 2.75) is 31.6 Å². The summed E-state index contributed by atoms with van der Waals surface area (Å²) in [4.78, 5) is 15.8. The van der Waals surface area contributed by atoms with Crippen LogP contribution in [0.15, 0.2) is 10.9 Å². The molecule has 104 valence electrons.